The summed E-state index contributed by atoms with van der Waals surface area (Å²) < 4.78 is 23.0. The zero-order valence-corrected chi connectivity index (χ0v) is 11.7. The Labute approximate surface area is 105 Å². The fourth-order valence-corrected chi connectivity index (χ4v) is 4.01. The number of aliphatic hydroxyl groups is 1. The van der Waals surface area contributed by atoms with E-state index in [0.717, 1.165) is 32.2 Å². The summed E-state index contributed by atoms with van der Waals surface area (Å²) in [5.41, 5.74) is 0. The molecule has 0 bridgehead atoms. The summed E-state index contributed by atoms with van der Waals surface area (Å²) in [6.45, 7) is 5.58. The van der Waals surface area contributed by atoms with Crippen LogP contribution in [0.15, 0.2) is 0 Å². The van der Waals surface area contributed by atoms with E-state index < -0.39 is 9.84 Å². The van der Waals surface area contributed by atoms with Gasteiger partial charge in [0.05, 0.1) is 17.6 Å². The van der Waals surface area contributed by atoms with Crippen molar-refractivity contribution < 1.29 is 13.5 Å². The fourth-order valence-electron chi connectivity index (χ4n) is 2.25. The summed E-state index contributed by atoms with van der Waals surface area (Å²) in [5, 5.41) is 9.73. The molecule has 0 radical (unpaired) electrons. The maximum Gasteiger partial charge on any atom is 0.151 e. The number of hydrogen-bond donors (Lipinski definition) is 1. The second kappa shape index (κ2) is 6.71. The van der Waals surface area contributed by atoms with Gasteiger partial charge >= 0.3 is 0 Å². The normalized spacial score (nSPS) is 25.3. The van der Waals surface area contributed by atoms with E-state index >= 15 is 0 Å². The first-order chi connectivity index (χ1) is 7.98. The predicted molar refractivity (Wildman–Crippen MR) is 69.8 cm³/mol. The summed E-state index contributed by atoms with van der Waals surface area (Å²) in [7, 11) is -2.83. The summed E-state index contributed by atoms with van der Waals surface area (Å²) >= 11 is 0. The molecule has 1 aliphatic rings. The van der Waals surface area contributed by atoms with Gasteiger partial charge in [0.25, 0.3) is 0 Å². The lowest BCUT2D eigenvalue weighted by Gasteiger charge is -2.29. The standard InChI is InChI=1S/C12H25NO3S/c1-3-5-7-13(9-12(14)4-2)11-6-8-17(15,16)10-11/h11-12,14H,3-10H2,1-2H3. The Morgan fingerprint density at radius 2 is 2.12 bits per heavy atom. The van der Waals surface area contributed by atoms with Gasteiger partial charge in [0.2, 0.25) is 0 Å². The van der Waals surface area contributed by atoms with Crippen molar-refractivity contribution in [2.75, 3.05) is 24.6 Å². The van der Waals surface area contributed by atoms with E-state index in [0.29, 0.717) is 12.3 Å². The van der Waals surface area contributed by atoms with Gasteiger partial charge < -0.3 is 5.11 Å². The van der Waals surface area contributed by atoms with Gasteiger partial charge in [-0.05, 0) is 25.8 Å². The van der Waals surface area contributed by atoms with Gasteiger partial charge in [-0.15, -0.1) is 0 Å². The summed E-state index contributed by atoms with van der Waals surface area (Å²) in [4.78, 5) is 2.17. The minimum atomic E-state index is -2.83. The highest BCUT2D eigenvalue weighted by molar-refractivity contribution is 7.91. The highest BCUT2D eigenvalue weighted by Crippen LogP contribution is 2.19. The molecule has 0 aromatic heterocycles. The SMILES string of the molecule is CCCCN(CC(O)CC)C1CCS(=O)(=O)C1. The van der Waals surface area contributed by atoms with Crippen LogP contribution >= 0.6 is 0 Å². The average Bonchev–Trinajstić information content (AvgIpc) is 2.64. The van der Waals surface area contributed by atoms with Gasteiger partial charge in [-0.3, -0.25) is 4.90 Å². The molecule has 1 saturated heterocycles. The highest BCUT2D eigenvalue weighted by atomic mass is 32.2. The fraction of sp³-hybridized carbons (Fsp3) is 1.00. The molecule has 0 aromatic carbocycles. The minimum absolute atomic E-state index is 0.118. The predicted octanol–water partition coefficient (Wildman–Crippen LogP) is 1.05. The van der Waals surface area contributed by atoms with Crippen LogP contribution in [-0.2, 0) is 9.84 Å². The van der Waals surface area contributed by atoms with Crippen LogP contribution in [0.5, 0.6) is 0 Å². The molecule has 1 aliphatic heterocycles. The third-order valence-electron chi connectivity index (χ3n) is 3.44. The van der Waals surface area contributed by atoms with E-state index in [1.54, 1.807) is 0 Å². The molecule has 0 spiro atoms. The van der Waals surface area contributed by atoms with Gasteiger partial charge in [0.15, 0.2) is 9.84 Å². The second-order valence-electron chi connectivity index (χ2n) is 4.97. The van der Waals surface area contributed by atoms with Crippen LogP contribution in [0.4, 0.5) is 0 Å². The van der Waals surface area contributed by atoms with E-state index in [1.165, 1.54) is 0 Å². The maximum atomic E-state index is 11.5. The number of sulfone groups is 1. The first kappa shape index (κ1) is 14.9. The third kappa shape index (κ3) is 4.94. The highest BCUT2D eigenvalue weighted by Gasteiger charge is 2.32. The number of unbranched alkanes of at least 4 members (excludes halogenated alkanes) is 1. The quantitative estimate of drug-likeness (QED) is 0.746. The molecule has 0 amide bonds. The Morgan fingerprint density at radius 3 is 2.59 bits per heavy atom. The third-order valence-corrected chi connectivity index (χ3v) is 5.19. The number of hydrogen-bond acceptors (Lipinski definition) is 4. The van der Waals surface area contributed by atoms with E-state index in [1.807, 2.05) is 6.92 Å². The molecule has 1 heterocycles. The minimum Gasteiger partial charge on any atom is -0.392 e. The smallest absolute Gasteiger partial charge is 0.151 e. The van der Waals surface area contributed by atoms with Crippen LogP contribution in [0.25, 0.3) is 0 Å². The van der Waals surface area contributed by atoms with Crippen molar-refractivity contribution in [2.45, 2.75) is 51.7 Å². The number of nitrogens with zero attached hydrogens (tertiary/aromatic N) is 1. The van der Waals surface area contributed by atoms with Crippen LogP contribution in [0.2, 0.25) is 0 Å². The lowest BCUT2D eigenvalue weighted by molar-refractivity contribution is 0.0889. The summed E-state index contributed by atoms with van der Waals surface area (Å²) in [6.07, 6.45) is 3.27. The van der Waals surface area contributed by atoms with Gasteiger partial charge in [-0.25, -0.2) is 8.42 Å². The molecular formula is C12H25NO3S. The Kier molecular flexibility index (Phi) is 5.89. The van der Waals surface area contributed by atoms with Crippen molar-refractivity contribution in [3.05, 3.63) is 0 Å². The number of rotatable bonds is 7. The molecule has 1 N–H and O–H groups in total. The van der Waals surface area contributed by atoms with Crippen molar-refractivity contribution in [1.82, 2.24) is 4.90 Å². The van der Waals surface area contributed by atoms with E-state index in [4.69, 9.17) is 0 Å². The van der Waals surface area contributed by atoms with E-state index in [-0.39, 0.29) is 17.9 Å². The Bertz CT molecular complexity index is 316. The van der Waals surface area contributed by atoms with Crippen LogP contribution in [0.3, 0.4) is 0 Å². The molecule has 1 fully saturated rings. The second-order valence-corrected chi connectivity index (χ2v) is 7.20. The molecule has 1 rings (SSSR count). The maximum absolute atomic E-state index is 11.5. The molecule has 5 heteroatoms. The van der Waals surface area contributed by atoms with E-state index in [2.05, 4.69) is 11.8 Å². The molecule has 4 nitrogen and oxygen atoms in total. The Hall–Kier alpha value is -0.130. The van der Waals surface area contributed by atoms with Crippen LogP contribution in [0.1, 0.15) is 39.5 Å². The summed E-state index contributed by atoms with van der Waals surface area (Å²) in [6, 6.07) is 0.118. The largest absolute Gasteiger partial charge is 0.392 e. The molecule has 2 atom stereocenters. The molecular weight excluding hydrogens is 238 g/mol. The average molecular weight is 263 g/mol. The van der Waals surface area contributed by atoms with Crippen LogP contribution in [0, 0.1) is 0 Å². The molecule has 17 heavy (non-hydrogen) atoms. The molecule has 0 aliphatic carbocycles. The van der Waals surface area contributed by atoms with Gasteiger partial charge in [-0.2, -0.15) is 0 Å². The Balaban J connectivity index is 2.56. The van der Waals surface area contributed by atoms with Crippen molar-refractivity contribution in [2.24, 2.45) is 0 Å². The van der Waals surface area contributed by atoms with Crippen molar-refractivity contribution in [3.63, 3.8) is 0 Å². The van der Waals surface area contributed by atoms with Gasteiger partial charge in [0, 0.05) is 12.6 Å². The number of aliphatic hydroxyl groups excluding tert-OH is 1. The lowest BCUT2D eigenvalue weighted by atomic mass is 10.1. The molecule has 0 saturated carbocycles. The van der Waals surface area contributed by atoms with Crippen LogP contribution < -0.4 is 0 Å². The zero-order valence-electron chi connectivity index (χ0n) is 10.9. The summed E-state index contributed by atoms with van der Waals surface area (Å²) in [5.74, 6) is 0.579. The lowest BCUT2D eigenvalue weighted by Crippen LogP contribution is -2.41. The van der Waals surface area contributed by atoms with Crippen molar-refractivity contribution >= 4 is 9.84 Å². The molecule has 2 unspecified atom stereocenters. The van der Waals surface area contributed by atoms with Crippen molar-refractivity contribution in [3.8, 4) is 0 Å². The van der Waals surface area contributed by atoms with E-state index in [9.17, 15) is 13.5 Å². The first-order valence-corrected chi connectivity index (χ1v) is 8.43. The first-order valence-electron chi connectivity index (χ1n) is 6.61. The van der Waals surface area contributed by atoms with Crippen LogP contribution in [-0.4, -0.2) is 55.2 Å². The van der Waals surface area contributed by atoms with Gasteiger partial charge in [0.1, 0.15) is 0 Å². The molecule has 102 valence electrons. The topological polar surface area (TPSA) is 57.6 Å². The van der Waals surface area contributed by atoms with Crippen molar-refractivity contribution in [1.29, 1.82) is 0 Å². The zero-order chi connectivity index (χ0) is 12.9. The van der Waals surface area contributed by atoms with Gasteiger partial charge in [-0.1, -0.05) is 20.3 Å². The Morgan fingerprint density at radius 1 is 1.41 bits per heavy atom. The monoisotopic (exact) mass is 263 g/mol. The molecule has 0 aromatic rings.